The molecular weight excluding hydrogens is 347 g/mol. The van der Waals surface area contributed by atoms with Gasteiger partial charge in [0.25, 0.3) is 0 Å². The SMILES string of the molecule is Cc1ccc(S(=O)(=O)CCc2ccc(C(C)(C)C(=O)[O-])cc2)cc1.[Na+]. The normalized spacial score (nSPS) is 11.6. The largest absolute Gasteiger partial charge is 1.00 e. The molecule has 0 aliphatic rings. The smallest absolute Gasteiger partial charge is 0.549 e. The number of hydrogen-bond acceptors (Lipinski definition) is 4. The second-order valence-electron chi connectivity index (χ2n) is 6.49. The third-order valence-corrected chi connectivity index (χ3v) is 5.96. The van der Waals surface area contributed by atoms with Crippen LogP contribution in [-0.2, 0) is 26.5 Å². The van der Waals surface area contributed by atoms with Crippen LogP contribution in [0.3, 0.4) is 0 Å². The van der Waals surface area contributed by atoms with Crippen LogP contribution in [-0.4, -0.2) is 20.1 Å². The first-order valence-electron chi connectivity index (χ1n) is 7.73. The molecule has 2 aromatic rings. The van der Waals surface area contributed by atoms with Crippen LogP contribution < -0.4 is 34.7 Å². The zero-order chi connectivity index (χ0) is 18.0. The minimum atomic E-state index is -3.33. The average Bonchev–Trinajstić information content (AvgIpc) is 2.53. The van der Waals surface area contributed by atoms with Gasteiger partial charge in [0.1, 0.15) is 0 Å². The number of carboxylic acid groups (broad SMARTS) is 1. The van der Waals surface area contributed by atoms with Crippen molar-refractivity contribution in [1.29, 1.82) is 0 Å². The van der Waals surface area contributed by atoms with E-state index in [2.05, 4.69) is 0 Å². The summed E-state index contributed by atoms with van der Waals surface area (Å²) in [5, 5.41) is 11.2. The summed E-state index contributed by atoms with van der Waals surface area (Å²) in [7, 11) is -3.33. The van der Waals surface area contributed by atoms with Crippen LogP contribution in [0, 0.1) is 6.92 Å². The molecule has 0 heterocycles. The number of rotatable bonds is 6. The number of aliphatic carboxylic acids is 1. The molecule has 4 nitrogen and oxygen atoms in total. The number of benzene rings is 2. The van der Waals surface area contributed by atoms with Gasteiger partial charge in [0.05, 0.1) is 16.6 Å². The van der Waals surface area contributed by atoms with E-state index in [0.717, 1.165) is 11.1 Å². The molecule has 0 spiro atoms. The molecular formula is C19H21NaO4S. The zero-order valence-electron chi connectivity index (χ0n) is 15.1. The third kappa shape index (κ3) is 5.42. The summed E-state index contributed by atoms with van der Waals surface area (Å²) < 4.78 is 24.7. The maximum absolute atomic E-state index is 12.3. The topological polar surface area (TPSA) is 74.3 Å². The molecule has 0 amide bonds. The van der Waals surface area contributed by atoms with Crippen molar-refractivity contribution in [3.63, 3.8) is 0 Å². The number of carbonyl (C=O) groups excluding carboxylic acids is 1. The van der Waals surface area contributed by atoms with Crippen molar-refractivity contribution in [2.24, 2.45) is 0 Å². The Bertz CT molecular complexity index is 823. The Labute approximate surface area is 171 Å². The average molecular weight is 368 g/mol. The number of carboxylic acids is 1. The fourth-order valence-electron chi connectivity index (χ4n) is 2.32. The summed E-state index contributed by atoms with van der Waals surface area (Å²) in [6.07, 6.45) is 0.377. The number of aryl methyl sites for hydroxylation is 2. The molecule has 0 saturated carbocycles. The Kier molecular flexibility index (Phi) is 7.44. The van der Waals surface area contributed by atoms with Crippen molar-refractivity contribution in [2.45, 2.75) is 37.5 Å². The Morgan fingerprint density at radius 2 is 1.52 bits per heavy atom. The molecule has 2 rings (SSSR count). The molecule has 25 heavy (non-hydrogen) atoms. The van der Waals surface area contributed by atoms with Gasteiger partial charge in [0.15, 0.2) is 9.84 Å². The van der Waals surface area contributed by atoms with Gasteiger partial charge in [-0.15, -0.1) is 0 Å². The maximum Gasteiger partial charge on any atom is 1.00 e. The Hall–Kier alpha value is -1.14. The second-order valence-corrected chi connectivity index (χ2v) is 8.60. The van der Waals surface area contributed by atoms with Crippen LogP contribution in [0.1, 0.15) is 30.5 Å². The van der Waals surface area contributed by atoms with Gasteiger partial charge >= 0.3 is 29.6 Å². The minimum Gasteiger partial charge on any atom is -0.549 e. The molecule has 0 fully saturated rings. The summed E-state index contributed by atoms with van der Waals surface area (Å²) in [4.78, 5) is 11.5. The Balaban J connectivity index is 0.00000312. The third-order valence-electron chi connectivity index (χ3n) is 4.23. The molecule has 0 unspecified atom stereocenters. The van der Waals surface area contributed by atoms with Crippen molar-refractivity contribution in [1.82, 2.24) is 0 Å². The molecule has 2 aromatic carbocycles. The van der Waals surface area contributed by atoms with Crippen LogP contribution in [0.5, 0.6) is 0 Å². The van der Waals surface area contributed by atoms with Crippen LogP contribution >= 0.6 is 0 Å². The fraction of sp³-hybridized carbons (Fsp3) is 0.316. The summed E-state index contributed by atoms with van der Waals surface area (Å²) in [5.74, 6) is -1.13. The molecule has 0 bridgehead atoms. The summed E-state index contributed by atoms with van der Waals surface area (Å²) in [6.45, 7) is 5.07. The first kappa shape index (κ1) is 21.9. The quantitative estimate of drug-likeness (QED) is 0.616. The van der Waals surface area contributed by atoms with E-state index >= 15 is 0 Å². The molecule has 128 valence electrons. The Morgan fingerprint density at radius 3 is 2.00 bits per heavy atom. The zero-order valence-corrected chi connectivity index (χ0v) is 17.9. The van der Waals surface area contributed by atoms with Gasteiger partial charge in [-0.05, 0) is 36.6 Å². The van der Waals surface area contributed by atoms with E-state index in [4.69, 9.17) is 0 Å². The van der Waals surface area contributed by atoms with Crippen LogP contribution in [0.2, 0.25) is 0 Å². The first-order chi connectivity index (χ1) is 11.1. The van der Waals surface area contributed by atoms with Gasteiger partial charge in [0, 0.05) is 5.41 Å². The van der Waals surface area contributed by atoms with Crippen molar-refractivity contribution < 1.29 is 47.9 Å². The molecule has 0 radical (unpaired) electrons. The fourth-order valence-corrected chi connectivity index (χ4v) is 3.61. The summed E-state index contributed by atoms with van der Waals surface area (Å²) in [5.41, 5.74) is 1.42. The number of sulfone groups is 1. The monoisotopic (exact) mass is 368 g/mol. The standard InChI is InChI=1S/C19H22O4S.Na/c1-14-4-10-17(11-5-14)24(22,23)13-12-15-6-8-16(9-7-15)19(2,3)18(20)21;/h4-11H,12-13H2,1-3H3,(H,20,21);/q;+1/p-1. The molecule has 0 atom stereocenters. The van der Waals surface area contributed by atoms with Crippen LogP contribution in [0.15, 0.2) is 53.4 Å². The van der Waals surface area contributed by atoms with E-state index in [-0.39, 0.29) is 35.3 Å². The molecule has 0 N–H and O–H groups in total. The van der Waals surface area contributed by atoms with Gasteiger partial charge in [-0.25, -0.2) is 8.42 Å². The van der Waals surface area contributed by atoms with E-state index in [1.807, 2.05) is 6.92 Å². The van der Waals surface area contributed by atoms with Gasteiger partial charge in [-0.1, -0.05) is 55.8 Å². The van der Waals surface area contributed by atoms with Crippen LogP contribution in [0.4, 0.5) is 0 Å². The van der Waals surface area contributed by atoms with E-state index in [9.17, 15) is 18.3 Å². The summed E-state index contributed by atoms with van der Waals surface area (Å²) in [6, 6.07) is 13.8. The summed E-state index contributed by atoms with van der Waals surface area (Å²) >= 11 is 0. The van der Waals surface area contributed by atoms with Crippen molar-refractivity contribution >= 4 is 15.8 Å². The van der Waals surface area contributed by atoms with Crippen molar-refractivity contribution in [3.8, 4) is 0 Å². The minimum absolute atomic E-state index is 0. The molecule has 6 heteroatoms. The van der Waals surface area contributed by atoms with Gasteiger partial charge in [-0.2, -0.15) is 0 Å². The predicted molar refractivity (Wildman–Crippen MR) is 91.4 cm³/mol. The van der Waals surface area contributed by atoms with E-state index in [0.29, 0.717) is 16.9 Å². The first-order valence-corrected chi connectivity index (χ1v) is 9.38. The number of carbonyl (C=O) groups is 1. The van der Waals surface area contributed by atoms with Crippen molar-refractivity contribution in [2.75, 3.05) is 5.75 Å². The number of hydrogen-bond donors (Lipinski definition) is 0. The van der Waals surface area contributed by atoms with E-state index < -0.39 is 21.2 Å². The Morgan fingerprint density at radius 1 is 1.00 bits per heavy atom. The molecule has 0 aliphatic carbocycles. The van der Waals surface area contributed by atoms with E-state index in [1.165, 1.54) is 0 Å². The van der Waals surface area contributed by atoms with E-state index in [1.54, 1.807) is 62.4 Å². The molecule has 0 aromatic heterocycles. The van der Waals surface area contributed by atoms with Crippen molar-refractivity contribution in [3.05, 3.63) is 65.2 Å². The predicted octanol–water partition coefficient (Wildman–Crippen LogP) is -0.957. The molecule has 0 aliphatic heterocycles. The second kappa shape index (κ2) is 8.49. The van der Waals surface area contributed by atoms with Gasteiger partial charge < -0.3 is 9.90 Å². The van der Waals surface area contributed by atoms with Gasteiger partial charge in [0.2, 0.25) is 0 Å². The van der Waals surface area contributed by atoms with Gasteiger partial charge in [-0.3, -0.25) is 0 Å². The maximum atomic E-state index is 12.3. The van der Waals surface area contributed by atoms with Crippen LogP contribution in [0.25, 0.3) is 0 Å². The molecule has 0 saturated heterocycles.